The van der Waals surface area contributed by atoms with E-state index in [9.17, 15) is 22.8 Å². The highest BCUT2D eigenvalue weighted by Crippen LogP contribution is 2.34. The monoisotopic (exact) mass is 536 g/mol. The number of nitrogen functional groups attached to an aromatic ring is 1. The maximum atomic E-state index is 13.3. The summed E-state index contributed by atoms with van der Waals surface area (Å²) in [6, 6.07) is 15.4. The Kier molecular flexibility index (Phi) is 6.66. The largest absolute Gasteiger partial charge is 0.416 e. The molecule has 1 aliphatic rings. The lowest BCUT2D eigenvalue weighted by molar-refractivity contribution is -0.137. The van der Waals surface area contributed by atoms with Gasteiger partial charge in [0.15, 0.2) is 5.13 Å². The Hall–Kier alpha value is -4.18. The smallest absolute Gasteiger partial charge is 0.375 e. The second-order valence-electron chi connectivity index (χ2n) is 9.07. The van der Waals surface area contributed by atoms with Crippen molar-refractivity contribution in [3.63, 3.8) is 0 Å². The fourth-order valence-electron chi connectivity index (χ4n) is 4.52. The van der Waals surface area contributed by atoms with E-state index in [1.165, 1.54) is 23.5 Å². The Morgan fingerprint density at radius 2 is 1.84 bits per heavy atom. The van der Waals surface area contributed by atoms with E-state index >= 15 is 0 Å². The topological polar surface area (TPSA) is 88.3 Å². The van der Waals surface area contributed by atoms with Crippen LogP contribution in [0.1, 0.15) is 32.7 Å². The molecule has 2 amide bonds. The minimum absolute atomic E-state index is 0.0772. The van der Waals surface area contributed by atoms with Gasteiger partial charge in [0, 0.05) is 28.9 Å². The molecule has 0 bridgehead atoms. The molecule has 0 fully saturated rings. The van der Waals surface area contributed by atoms with Gasteiger partial charge in [-0.15, -0.1) is 11.3 Å². The van der Waals surface area contributed by atoms with E-state index in [1.54, 1.807) is 40.6 Å². The number of nitrogens with two attached hydrogens (primary N) is 1. The highest BCUT2D eigenvalue weighted by Gasteiger charge is 2.30. The average molecular weight is 537 g/mol. The molecular formula is C28H23F3N4O2S. The number of carbonyl (C=O) groups excluding carboxylic acids is 2. The molecule has 2 heterocycles. The van der Waals surface area contributed by atoms with Crippen molar-refractivity contribution in [1.82, 2.24) is 4.98 Å². The number of anilines is 3. The Labute approximate surface area is 220 Å². The lowest BCUT2D eigenvalue weighted by atomic mass is 9.96. The molecule has 0 saturated heterocycles. The van der Waals surface area contributed by atoms with E-state index in [-0.39, 0.29) is 18.2 Å². The first-order valence-electron chi connectivity index (χ1n) is 11.8. The van der Waals surface area contributed by atoms with Crippen LogP contribution in [0, 0.1) is 6.92 Å². The number of fused-ring (bicyclic) bond motifs is 1. The Balaban J connectivity index is 1.34. The highest BCUT2D eigenvalue weighted by atomic mass is 32.1. The van der Waals surface area contributed by atoms with Gasteiger partial charge in [0.25, 0.3) is 5.91 Å². The number of alkyl halides is 3. The summed E-state index contributed by atoms with van der Waals surface area (Å²) in [5.74, 6) is -0.460. The Bertz CT molecular complexity index is 1530. The third-order valence-corrected chi connectivity index (χ3v) is 7.10. The van der Waals surface area contributed by atoms with Gasteiger partial charge in [-0.2, -0.15) is 13.2 Å². The third-order valence-electron chi connectivity index (χ3n) is 6.38. The number of aryl methyl sites for hydroxylation is 1. The van der Waals surface area contributed by atoms with Gasteiger partial charge >= 0.3 is 6.18 Å². The van der Waals surface area contributed by atoms with Crippen LogP contribution in [0.4, 0.5) is 29.7 Å². The van der Waals surface area contributed by atoms with Gasteiger partial charge < -0.3 is 16.0 Å². The molecule has 194 valence electrons. The molecule has 5 rings (SSSR count). The first-order chi connectivity index (χ1) is 18.1. The van der Waals surface area contributed by atoms with Crippen molar-refractivity contribution in [3.05, 3.63) is 94.0 Å². The van der Waals surface area contributed by atoms with E-state index in [0.717, 1.165) is 28.9 Å². The predicted octanol–water partition coefficient (Wildman–Crippen LogP) is 6.10. The van der Waals surface area contributed by atoms with Crippen LogP contribution in [0.15, 0.2) is 66.0 Å². The predicted molar refractivity (Wildman–Crippen MR) is 142 cm³/mol. The molecule has 4 aromatic rings. The zero-order valence-corrected chi connectivity index (χ0v) is 21.1. The number of nitrogens with zero attached hydrogens (tertiary/aromatic N) is 2. The van der Waals surface area contributed by atoms with Gasteiger partial charge in [0.05, 0.1) is 17.7 Å². The van der Waals surface area contributed by atoms with Gasteiger partial charge in [-0.3, -0.25) is 9.59 Å². The van der Waals surface area contributed by atoms with Gasteiger partial charge in [-0.1, -0.05) is 29.8 Å². The van der Waals surface area contributed by atoms with Gasteiger partial charge in [0.2, 0.25) is 5.91 Å². The fraction of sp³-hybridized carbons (Fsp3) is 0.179. The highest BCUT2D eigenvalue weighted by molar-refractivity contribution is 7.13. The van der Waals surface area contributed by atoms with Crippen molar-refractivity contribution in [2.24, 2.45) is 0 Å². The summed E-state index contributed by atoms with van der Waals surface area (Å²) >= 11 is 1.29. The minimum Gasteiger partial charge on any atom is -0.375 e. The number of hydrogen-bond acceptors (Lipinski definition) is 5. The normalized spacial score (nSPS) is 12.9. The van der Waals surface area contributed by atoms with Gasteiger partial charge in [-0.05, 0) is 66.4 Å². The van der Waals surface area contributed by atoms with Crippen LogP contribution in [-0.2, 0) is 23.8 Å². The van der Waals surface area contributed by atoms with E-state index in [4.69, 9.17) is 5.73 Å². The molecule has 3 aromatic carbocycles. The molecule has 0 atom stereocenters. The molecule has 10 heteroatoms. The maximum Gasteiger partial charge on any atom is 0.416 e. The molecule has 0 unspecified atom stereocenters. The maximum absolute atomic E-state index is 13.3. The van der Waals surface area contributed by atoms with E-state index in [2.05, 4.69) is 10.3 Å². The minimum atomic E-state index is -4.44. The van der Waals surface area contributed by atoms with Gasteiger partial charge in [-0.25, -0.2) is 4.98 Å². The van der Waals surface area contributed by atoms with Crippen LogP contribution in [0.5, 0.6) is 0 Å². The molecule has 0 radical (unpaired) electrons. The van der Waals surface area contributed by atoms with Crippen molar-refractivity contribution in [2.45, 2.75) is 25.9 Å². The van der Waals surface area contributed by atoms with E-state index in [1.807, 2.05) is 13.0 Å². The summed E-state index contributed by atoms with van der Waals surface area (Å²) in [6.45, 7) is 2.38. The number of hydrogen-bond donors (Lipinski definition) is 2. The first-order valence-corrected chi connectivity index (χ1v) is 12.7. The van der Waals surface area contributed by atoms with Crippen molar-refractivity contribution < 1.29 is 22.8 Å². The zero-order chi connectivity index (χ0) is 27.0. The van der Waals surface area contributed by atoms with Crippen molar-refractivity contribution in [2.75, 3.05) is 22.5 Å². The quantitative estimate of drug-likeness (QED) is 0.323. The van der Waals surface area contributed by atoms with Crippen molar-refractivity contribution in [3.8, 4) is 11.1 Å². The standard InChI is InChI=1S/C28H23F3N4O2S/c1-16-2-8-22(23(12-16)17-3-5-19(6-4-17)28(29,30)31)26(37)33-20-7-9-24-18(13-20)10-11-35(24)25(36)14-21-15-38-27(32)34-21/h2-9,12-13,15H,10-11,14H2,1H3,(H2,32,34)(H,33,37). The second-order valence-corrected chi connectivity index (χ2v) is 9.96. The molecular weight excluding hydrogens is 513 g/mol. The van der Waals surface area contributed by atoms with Crippen molar-refractivity contribution >= 4 is 39.7 Å². The first kappa shape index (κ1) is 25.5. The summed E-state index contributed by atoms with van der Waals surface area (Å²) in [7, 11) is 0. The van der Waals surface area contributed by atoms with E-state index in [0.29, 0.717) is 46.2 Å². The van der Waals surface area contributed by atoms with Crippen LogP contribution in [0.3, 0.4) is 0 Å². The zero-order valence-electron chi connectivity index (χ0n) is 20.3. The number of benzene rings is 3. The Morgan fingerprint density at radius 1 is 1.08 bits per heavy atom. The number of amides is 2. The summed E-state index contributed by atoms with van der Waals surface area (Å²) < 4.78 is 39.0. The number of thiazole rings is 1. The number of carbonyl (C=O) groups is 2. The average Bonchev–Trinajstić information content (AvgIpc) is 3.48. The Morgan fingerprint density at radius 3 is 2.53 bits per heavy atom. The summed E-state index contributed by atoms with van der Waals surface area (Å²) in [4.78, 5) is 31.9. The van der Waals surface area contributed by atoms with Crippen LogP contribution in [0.2, 0.25) is 0 Å². The fourth-order valence-corrected chi connectivity index (χ4v) is 5.09. The molecule has 0 aliphatic carbocycles. The summed E-state index contributed by atoms with van der Waals surface area (Å²) in [6.07, 6.45) is -3.63. The molecule has 3 N–H and O–H groups in total. The summed E-state index contributed by atoms with van der Waals surface area (Å²) in [5, 5.41) is 5.09. The molecule has 1 aliphatic heterocycles. The molecule has 0 saturated carbocycles. The molecule has 0 spiro atoms. The number of rotatable bonds is 5. The van der Waals surface area contributed by atoms with Crippen LogP contribution in [-0.4, -0.2) is 23.3 Å². The number of nitrogens with one attached hydrogen (secondary N) is 1. The SMILES string of the molecule is Cc1ccc(C(=O)Nc2ccc3c(c2)CCN3C(=O)Cc2csc(N)n2)c(-c2ccc(C(F)(F)F)cc2)c1. The van der Waals surface area contributed by atoms with E-state index < -0.39 is 11.7 Å². The molecule has 6 nitrogen and oxygen atoms in total. The number of halogens is 3. The second kappa shape index (κ2) is 9.94. The van der Waals surface area contributed by atoms with Crippen LogP contribution in [0.25, 0.3) is 11.1 Å². The lowest BCUT2D eigenvalue weighted by Gasteiger charge is -2.17. The number of aromatic nitrogens is 1. The van der Waals surface area contributed by atoms with Gasteiger partial charge in [0.1, 0.15) is 0 Å². The van der Waals surface area contributed by atoms with Crippen molar-refractivity contribution in [1.29, 1.82) is 0 Å². The lowest BCUT2D eigenvalue weighted by Crippen LogP contribution is -2.30. The summed E-state index contributed by atoms with van der Waals surface area (Å²) in [5.41, 5.74) is 10.1. The third kappa shape index (κ3) is 5.26. The van der Waals surface area contributed by atoms with Crippen LogP contribution >= 0.6 is 11.3 Å². The molecule has 38 heavy (non-hydrogen) atoms. The molecule has 1 aromatic heterocycles. The van der Waals surface area contributed by atoms with Crippen LogP contribution < -0.4 is 16.0 Å².